The van der Waals surface area contributed by atoms with Crippen LogP contribution in [0, 0.1) is 0 Å². The Labute approximate surface area is 72.6 Å². The lowest BCUT2D eigenvalue weighted by Crippen LogP contribution is -2.17. The van der Waals surface area contributed by atoms with Crippen LogP contribution in [0.5, 0.6) is 0 Å². The van der Waals surface area contributed by atoms with Gasteiger partial charge in [0.05, 0.1) is 6.04 Å². The van der Waals surface area contributed by atoms with Gasteiger partial charge < -0.3 is 5.32 Å². The zero-order chi connectivity index (χ0) is 8.97. The average Bonchev–Trinajstić information content (AvgIpc) is 2.07. The summed E-state index contributed by atoms with van der Waals surface area (Å²) in [5.41, 5.74) is 2.11. The standard InChI is InChI=1S/C9H13N3/c1-7(2)9(10-3)8-4-11-6-12-5-8/h4-6,9-10H,1H2,2-3H3. The molecular formula is C9H13N3. The maximum atomic E-state index is 3.94. The van der Waals surface area contributed by atoms with Gasteiger partial charge in [0, 0.05) is 18.0 Å². The van der Waals surface area contributed by atoms with Crippen LogP contribution in [0.25, 0.3) is 0 Å². The van der Waals surface area contributed by atoms with Gasteiger partial charge in [0.1, 0.15) is 6.33 Å². The summed E-state index contributed by atoms with van der Waals surface area (Å²) >= 11 is 0. The first-order chi connectivity index (χ1) is 5.75. The molecule has 3 heteroatoms. The molecule has 0 aromatic carbocycles. The fraction of sp³-hybridized carbons (Fsp3) is 0.333. The van der Waals surface area contributed by atoms with Gasteiger partial charge in [-0.3, -0.25) is 0 Å². The Morgan fingerprint density at radius 2 is 2.08 bits per heavy atom. The number of nitrogens with zero attached hydrogens (tertiary/aromatic N) is 2. The van der Waals surface area contributed by atoms with E-state index < -0.39 is 0 Å². The summed E-state index contributed by atoms with van der Waals surface area (Å²) in [6.07, 6.45) is 5.11. The van der Waals surface area contributed by atoms with Crippen LogP contribution < -0.4 is 5.32 Å². The topological polar surface area (TPSA) is 37.8 Å². The summed E-state index contributed by atoms with van der Waals surface area (Å²) in [5.74, 6) is 0. The van der Waals surface area contributed by atoms with E-state index in [2.05, 4.69) is 21.9 Å². The third-order valence-corrected chi connectivity index (χ3v) is 1.70. The summed E-state index contributed by atoms with van der Waals surface area (Å²) in [5, 5.41) is 3.14. The molecule has 1 aromatic heterocycles. The minimum atomic E-state index is 0.159. The molecule has 1 rings (SSSR count). The van der Waals surface area contributed by atoms with Crippen LogP contribution in [0.1, 0.15) is 18.5 Å². The van der Waals surface area contributed by atoms with E-state index in [-0.39, 0.29) is 6.04 Å². The van der Waals surface area contributed by atoms with Crippen LogP contribution in [-0.4, -0.2) is 17.0 Å². The molecule has 0 aliphatic carbocycles. The maximum absolute atomic E-state index is 3.94. The lowest BCUT2D eigenvalue weighted by molar-refractivity contribution is 0.673. The van der Waals surface area contributed by atoms with Gasteiger partial charge in [-0.15, -0.1) is 0 Å². The van der Waals surface area contributed by atoms with E-state index in [1.807, 2.05) is 14.0 Å². The Balaban J connectivity index is 2.88. The quantitative estimate of drug-likeness (QED) is 0.683. The maximum Gasteiger partial charge on any atom is 0.115 e. The number of nitrogens with one attached hydrogen (secondary N) is 1. The Hall–Kier alpha value is -1.22. The van der Waals surface area contributed by atoms with Crippen molar-refractivity contribution in [1.29, 1.82) is 0 Å². The molecule has 0 bridgehead atoms. The van der Waals surface area contributed by atoms with E-state index >= 15 is 0 Å². The lowest BCUT2D eigenvalue weighted by atomic mass is 10.1. The van der Waals surface area contributed by atoms with Gasteiger partial charge in [0.15, 0.2) is 0 Å². The normalized spacial score (nSPS) is 12.5. The minimum absolute atomic E-state index is 0.159. The second kappa shape index (κ2) is 3.97. The second-order valence-corrected chi connectivity index (χ2v) is 2.74. The van der Waals surface area contributed by atoms with E-state index in [0.29, 0.717) is 0 Å². The van der Waals surface area contributed by atoms with Crippen molar-refractivity contribution in [3.05, 3.63) is 36.4 Å². The number of aromatic nitrogens is 2. The zero-order valence-electron chi connectivity index (χ0n) is 7.41. The summed E-state index contributed by atoms with van der Waals surface area (Å²) in [6, 6.07) is 0.159. The van der Waals surface area contributed by atoms with Crippen molar-refractivity contribution in [3.8, 4) is 0 Å². The van der Waals surface area contributed by atoms with Crippen molar-refractivity contribution in [2.75, 3.05) is 7.05 Å². The zero-order valence-corrected chi connectivity index (χ0v) is 7.41. The Morgan fingerprint density at radius 3 is 2.50 bits per heavy atom. The highest BCUT2D eigenvalue weighted by molar-refractivity contribution is 5.19. The molecule has 64 valence electrons. The lowest BCUT2D eigenvalue weighted by Gasteiger charge is -2.14. The summed E-state index contributed by atoms with van der Waals surface area (Å²) in [7, 11) is 1.90. The van der Waals surface area contributed by atoms with Gasteiger partial charge >= 0.3 is 0 Å². The van der Waals surface area contributed by atoms with E-state index in [1.54, 1.807) is 12.4 Å². The molecule has 12 heavy (non-hydrogen) atoms. The highest BCUT2D eigenvalue weighted by Gasteiger charge is 2.08. The molecule has 1 N–H and O–H groups in total. The number of rotatable bonds is 3. The Morgan fingerprint density at radius 1 is 1.50 bits per heavy atom. The molecule has 0 aliphatic heterocycles. The van der Waals surface area contributed by atoms with Crippen LogP contribution in [0.2, 0.25) is 0 Å². The van der Waals surface area contributed by atoms with Crippen molar-refractivity contribution < 1.29 is 0 Å². The van der Waals surface area contributed by atoms with Crippen molar-refractivity contribution in [3.63, 3.8) is 0 Å². The highest BCUT2D eigenvalue weighted by atomic mass is 14.9. The second-order valence-electron chi connectivity index (χ2n) is 2.74. The van der Waals surface area contributed by atoms with Crippen LogP contribution in [-0.2, 0) is 0 Å². The summed E-state index contributed by atoms with van der Waals surface area (Å²) in [6.45, 7) is 5.86. The minimum Gasteiger partial charge on any atom is -0.310 e. The number of hydrogen-bond donors (Lipinski definition) is 1. The molecular weight excluding hydrogens is 150 g/mol. The molecule has 1 unspecified atom stereocenters. The first kappa shape index (κ1) is 8.87. The van der Waals surface area contributed by atoms with Crippen LogP contribution in [0.15, 0.2) is 30.9 Å². The van der Waals surface area contributed by atoms with Gasteiger partial charge in [-0.2, -0.15) is 0 Å². The SMILES string of the molecule is C=C(C)C(NC)c1cncnc1. The summed E-state index contributed by atoms with van der Waals surface area (Å²) < 4.78 is 0. The molecule has 0 fully saturated rings. The van der Waals surface area contributed by atoms with Crippen molar-refractivity contribution in [2.45, 2.75) is 13.0 Å². The molecule has 1 atom stereocenters. The van der Waals surface area contributed by atoms with Crippen molar-refractivity contribution in [1.82, 2.24) is 15.3 Å². The van der Waals surface area contributed by atoms with E-state index in [1.165, 1.54) is 6.33 Å². The molecule has 0 aliphatic rings. The predicted octanol–water partition coefficient (Wildman–Crippen LogP) is 1.31. The van der Waals surface area contributed by atoms with Gasteiger partial charge in [0.2, 0.25) is 0 Å². The number of likely N-dealkylation sites (N-methyl/N-ethyl adjacent to an activating group) is 1. The average molecular weight is 163 g/mol. The van der Waals surface area contributed by atoms with Crippen LogP contribution in [0.3, 0.4) is 0 Å². The predicted molar refractivity (Wildman–Crippen MR) is 48.6 cm³/mol. The molecule has 0 saturated carbocycles. The van der Waals surface area contributed by atoms with Crippen LogP contribution in [0.4, 0.5) is 0 Å². The molecule has 0 radical (unpaired) electrons. The fourth-order valence-electron chi connectivity index (χ4n) is 1.16. The van der Waals surface area contributed by atoms with Gasteiger partial charge in [-0.25, -0.2) is 9.97 Å². The molecule has 1 heterocycles. The molecule has 0 saturated heterocycles. The van der Waals surface area contributed by atoms with Gasteiger partial charge in [-0.1, -0.05) is 12.2 Å². The fourth-order valence-corrected chi connectivity index (χ4v) is 1.16. The Bertz CT molecular complexity index is 256. The molecule has 3 nitrogen and oxygen atoms in total. The Kier molecular flexibility index (Phi) is 2.94. The first-order valence-corrected chi connectivity index (χ1v) is 3.83. The van der Waals surface area contributed by atoms with E-state index in [0.717, 1.165) is 11.1 Å². The van der Waals surface area contributed by atoms with E-state index in [9.17, 15) is 0 Å². The van der Waals surface area contributed by atoms with Crippen molar-refractivity contribution >= 4 is 0 Å². The van der Waals surface area contributed by atoms with Crippen LogP contribution >= 0.6 is 0 Å². The highest BCUT2D eigenvalue weighted by Crippen LogP contribution is 2.16. The summed E-state index contributed by atoms with van der Waals surface area (Å²) in [4.78, 5) is 7.89. The molecule has 0 spiro atoms. The molecule has 0 amide bonds. The monoisotopic (exact) mass is 163 g/mol. The third kappa shape index (κ3) is 1.89. The molecule has 1 aromatic rings. The smallest absolute Gasteiger partial charge is 0.115 e. The van der Waals surface area contributed by atoms with Gasteiger partial charge in [0.25, 0.3) is 0 Å². The van der Waals surface area contributed by atoms with Gasteiger partial charge in [-0.05, 0) is 14.0 Å². The van der Waals surface area contributed by atoms with Crippen molar-refractivity contribution in [2.24, 2.45) is 0 Å². The first-order valence-electron chi connectivity index (χ1n) is 3.83. The third-order valence-electron chi connectivity index (χ3n) is 1.70. The largest absolute Gasteiger partial charge is 0.310 e. The van der Waals surface area contributed by atoms with E-state index in [4.69, 9.17) is 0 Å². The number of hydrogen-bond acceptors (Lipinski definition) is 3.